The average Bonchev–Trinajstić information content (AvgIpc) is 2.86. The van der Waals surface area contributed by atoms with Crippen molar-refractivity contribution in [1.82, 2.24) is 10.2 Å². The SMILES string of the molecule is CCOc1cc(CN2CCC(NC(=O)c3cc(OC)cc(OCC(N)=O)c3)CC2)cc(OCC)c1F. The average molecular weight is 504 g/mol. The Morgan fingerprint density at radius 2 is 1.61 bits per heavy atom. The van der Waals surface area contributed by atoms with Crippen LogP contribution in [0.3, 0.4) is 0 Å². The Morgan fingerprint density at radius 1 is 1.00 bits per heavy atom. The van der Waals surface area contributed by atoms with Crippen LogP contribution >= 0.6 is 0 Å². The zero-order valence-corrected chi connectivity index (χ0v) is 21.0. The number of hydrogen-bond acceptors (Lipinski definition) is 7. The van der Waals surface area contributed by atoms with Crippen molar-refractivity contribution in [2.75, 3.05) is 40.0 Å². The number of methoxy groups -OCH3 is 1. The molecule has 196 valence electrons. The van der Waals surface area contributed by atoms with Gasteiger partial charge in [-0.2, -0.15) is 4.39 Å². The number of nitrogens with zero attached hydrogens (tertiary/aromatic N) is 1. The molecule has 0 aliphatic carbocycles. The quantitative estimate of drug-likeness (QED) is 0.458. The van der Waals surface area contributed by atoms with Gasteiger partial charge in [-0.05, 0) is 56.5 Å². The molecule has 0 bridgehead atoms. The predicted octanol–water partition coefficient (Wildman–Crippen LogP) is 2.89. The number of nitrogens with two attached hydrogens (primary N) is 1. The van der Waals surface area contributed by atoms with Crippen molar-refractivity contribution < 1.29 is 32.9 Å². The number of carbonyl (C=O) groups is 2. The number of carbonyl (C=O) groups excluding carboxylic acids is 2. The molecule has 2 amide bonds. The Labute approximate surface area is 210 Å². The molecule has 1 saturated heterocycles. The molecule has 0 spiro atoms. The Kier molecular flexibility index (Phi) is 9.75. The third-order valence-corrected chi connectivity index (χ3v) is 5.75. The molecule has 10 heteroatoms. The molecule has 3 rings (SSSR count). The second kappa shape index (κ2) is 13.0. The van der Waals surface area contributed by atoms with Crippen molar-refractivity contribution in [3.8, 4) is 23.0 Å². The summed E-state index contributed by atoms with van der Waals surface area (Å²) in [5.41, 5.74) is 6.41. The summed E-state index contributed by atoms with van der Waals surface area (Å²) in [5.74, 6) is -0.197. The lowest BCUT2D eigenvalue weighted by molar-refractivity contribution is -0.119. The summed E-state index contributed by atoms with van der Waals surface area (Å²) in [5, 5.41) is 3.06. The third kappa shape index (κ3) is 7.48. The fourth-order valence-electron chi connectivity index (χ4n) is 4.06. The summed E-state index contributed by atoms with van der Waals surface area (Å²) in [6.07, 6.45) is 1.52. The van der Waals surface area contributed by atoms with Crippen LogP contribution in [0.5, 0.6) is 23.0 Å². The topological polar surface area (TPSA) is 112 Å². The summed E-state index contributed by atoms with van der Waals surface area (Å²) in [7, 11) is 1.49. The maximum atomic E-state index is 14.5. The number of amides is 2. The van der Waals surface area contributed by atoms with E-state index in [0.717, 1.165) is 31.5 Å². The van der Waals surface area contributed by atoms with Crippen molar-refractivity contribution in [3.63, 3.8) is 0 Å². The largest absolute Gasteiger partial charge is 0.497 e. The van der Waals surface area contributed by atoms with Crippen LogP contribution in [-0.2, 0) is 11.3 Å². The first-order chi connectivity index (χ1) is 17.3. The highest BCUT2D eigenvalue weighted by atomic mass is 19.1. The lowest BCUT2D eigenvalue weighted by atomic mass is 10.0. The molecule has 0 aromatic heterocycles. The Morgan fingerprint density at radius 3 is 2.17 bits per heavy atom. The van der Waals surface area contributed by atoms with E-state index in [9.17, 15) is 14.0 Å². The van der Waals surface area contributed by atoms with Gasteiger partial charge in [-0.1, -0.05) is 0 Å². The summed E-state index contributed by atoms with van der Waals surface area (Å²) in [6.45, 7) is 6.21. The second-order valence-corrected chi connectivity index (χ2v) is 8.45. The molecule has 1 fully saturated rings. The summed E-state index contributed by atoms with van der Waals surface area (Å²) < 4.78 is 36.0. The number of primary amides is 1. The molecule has 1 aliphatic heterocycles. The number of likely N-dealkylation sites (tertiary alicyclic amines) is 1. The lowest BCUT2D eigenvalue weighted by Crippen LogP contribution is -2.44. The van der Waals surface area contributed by atoms with Gasteiger partial charge in [-0.3, -0.25) is 14.5 Å². The first-order valence-electron chi connectivity index (χ1n) is 12.0. The van der Waals surface area contributed by atoms with E-state index in [0.29, 0.717) is 36.8 Å². The third-order valence-electron chi connectivity index (χ3n) is 5.75. The Hall–Kier alpha value is -3.53. The molecule has 1 aliphatic rings. The van der Waals surface area contributed by atoms with Gasteiger partial charge in [0, 0.05) is 37.3 Å². The zero-order valence-electron chi connectivity index (χ0n) is 21.0. The van der Waals surface area contributed by atoms with E-state index in [4.69, 9.17) is 24.7 Å². The molecule has 0 saturated carbocycles. The standard InChI is InChI=1S/C26H34FN3O6/c1-4-34-22-10-17(11-23(25(22)27)35-5-2)15-30-8-6-19(7-9-30)29-26(32)18-12-20(33-3)14-21(13-18)36-16-24(28)31/h10-14,19H,4-9,15-16H2,1-3H3,(H2,28,31)(H,29,32). The summed E-state index contributed by atoms with van der Waals surface area (Å²) in [4.78, 5) is 26.1. The molecule has 3 N–H and O–H groups in total. The van der Waals surface area contributed by atoms with Crippen LogP contribution in [0.2, 0.25) is 0 Å². The minimum absolute atomic E-state index is 0.00104. The number of halogens is 1. The van der Waals surface area contributed by atoms with Gasteiger partial charge < -0.3 is 30.0 Å². The monoisotopic (exact) mass is 503 g/mol. The molecular formula is C26H34FN3O6. The number of nitrogens with one attached hydrogen (secondary N) is 1. The fraction of sp³-hybridized carbons (Fsp3) is 0.462. The Bertz CT molecular complexity index is 1030. The summed E-state index contributed by atoms with van der Waals surface area (Å²) in [6, 6.07) is 8.19. The van der Waals surface area contributed by atoms with E-state index in [2.05, 4.69) is 10.2 Å². The van der Waals surface area contributed by atoms with Crippen molar-refractivity contribution >= 4 is 11.8 Å². The van der Waals surface area contributed by atoms with E-state index in [1.807, 2.05) is 13.8 Å². The van der Waals surface area contributed by atoms with Gasteiger partial charge in [0.15, 0.2) is 18.1 Å². The number of hydrogen-bond donors (Lipinski definition) is 2. The molecule has 9 nitrogen and oxygen atoms in total. The van der Waals surface area contributed by atoms with Gasteiger partial charge in [0.25, 0.3) is 11.8 Å². The van der Waals surface area contributed by atoms with Gasteiger partial charge in [-0.15, -0.1) is 0 Å². The molecule has 0 atom stereocenters. The molecule has 0 unspecified atom stereocenters. The number of rotatable bonds is 12. The number of benzene rings is 2. The highest BCUT2D eigenvalue weighted by Gasteiger charge is 2.23. The highest BCUT2D eigenvalue weighted by molar-refractivity contribution is 5.95. The minimum atomic E-state index is -0.612. The molecule has 1 heterocycles. The zero-order chi connectivity index (χ0) is 26.1. The number of piperidine rings is 1. The fourth-order valence-corrected chi connectivity index (χ4v) is 4.06. The Balaban J connectivity index is 1.59. The first-order valence-corrected chi connectivity index (χ1v) is 12.0. The first kappa shape index (κ1) is 27.1. The van der Waals surface area contributed by atoms with Crippen LogP contribution in [0.4, 0.5) is 4.39 Å². The molecule has 2 aromatic carbocycles. The smallest absolute Gasteiger partial charge is 0.255 e. The van der Waals surface area contributed by atoms with Gasteiger partial charge in [-0.25, -0.2) is 0 Å². The van der Waals surface area contributed by atoms with Gasteiger partial charge >= 0.3 is 0 Å². The lowest BCUT2D eigenvalue weighted by Gasteiger charge is -2.32. The van der Waals surface area contributed by atoms with Gasteiger partial charge in [0.2, 0.25) is 5.82 Å². The number of ether oxygens (including phenoxy) is 4. The van der Waals surface area contributed by atoms with Gasteiger partial charge in [0.1, 0.15) is 11.5 Å². The van der Waals surface area contributed by atoms with Crippen LogP contribution < -0.4 is 30.0 Å². The van der Waals surface area contributed by atoms with E-state index in [1.54, 1.807) is 30.3 Å². The minimum Gasteiger partial charge on any atom is -0.497 e. The van der Waals surface area contributed by atoms with Crippen LogP contribution in [0, 0.1) is 5.82 Å². The highest BCUT2D eigenvalue weighted by Crippen LogP contribution is 2.30. The molecule has 2 aromatic rings. The van der Waals surface area contributed by atoms with Crippen molar-refractivity contribution in [2.24, 2.45) is 5.73 Å². The second-order valence-electron chi connectivity index (χ2n) is 8.45. The van der Waals surface area contributed by atoms with Crippen LogP contribution in [0.1, 0.15) is 42.6 Å². The van der Waals surface area contributed by atoms with Crippen molar-refractivity contribution in [2.45, 2.75) is 39.3 Å². The summed E-state index contributed by atoms with van der Waals surface area (Å²) >= 11 is 0. The maximum absolute atomic E-state index is 14.5. The van der Waals surface area contributed by atoms with Crippen LogP contribution in [0.25, 0.3) is 0 Å². The van der Waals surface area contributed by atoms with Crippen LogP contribution in [0.15, 0.2) is 30.3 Å². The molecule has 36 heavy (non-hydrogen) atoms. The molecular weight excluding hydrogens is 469 g/mol. The maximum Gasteiger partial charge on any atom is 0.255 e. The van der Waals surface area contributed by atoms with Crippen molar-refractivity contribution in [3.05, 3.63) is 47.3 Å². The van der Waals surface area contributed by atoms with E-state index in [-0.39, 0.29) is 30.1 Å². The van der Waals surface area contributed by atoms with Crippen molar-refractivity contribution in [1.29, 1.82) is 0 Å². The van der Waals surface area contributed by atoms with E-state index >= 15 is 0 Å². The van der Waals surface area contributed by atoms with E-state index in [1.165, 1.54) is 7.11 Å². The predicted molar refractivity (Wildman–Crippen MR) is 132 cm³/mol. The molecule has 0 radical (unpaired) electrons. The van der Waals surface area contributed by atoms with Crippen LogP contribution in [-0.4, -0.2) is 62.8 Å². The normalized spacial score (nSPS) is 14.2. The van der Waals surface area contributed by atoms with Gasteiger partial charge in [0.05, 0.1) is 20.3 Å². The van der Waals surface area contributed by atoms with E-state index < -0.39 is 11.7 Å².